The lowest BCUT2D eigenvalue weighted by Gasteiger charge is -2.29. The molecule has 0 amide bonds. The Kier molecular flexibility index (Phi) is 2.35. The van der Waals surface area contributed by atoms with Crippen LogP contribution < -0.4 is 10.6 Å². The molecule has 1 aliphatic rings. The lowest BCUT2D eigenvalue weighted by molar-refractivity contribution is 0.494. The Morgan fingerprint density at radius 2 is 2.08 bits per heavy atom. The van der Waals surface area contributed by atoms with Crippen LogP contribution in [0.25, 0.3) is 0 Å². The van der Waals surface area contributed by atoms with Crippen LogP contribution in [-0.2, 0) is 0 Å². The number of hydrogen-bond donors (Lipinski definition) is 1. The van der Waals surface area contributed by atoms with Crippen LogP contribution in [0.4, 0.5) is 5.95 Å². The van der Waals surface area contributed by atoms with Crippen LogP contribution in [0.2, 0.25) is 0 Å². The van der Waals surface area contributed by atoms with Gasteiger partial charge in [0.1, 0.15) is 0 Å². The minimum Gasteiger partial charge on any atom is -0.339 e. The molecular weight excluding hydrogens is 166 g/mol. The topological polar surface area (TPSA) is 67.9 Å². The molecule has 0 aliphatic carbocycles. The lowest BCUT2D eigenvalue weighted by atomic mass is 10.1. The second-order valence-corrected chi connectivity index (χ2v) is 3.27. The fourth-order valence-electron chi connectivity index (χ4n) is 1.48. The highest BCUT2D eigenvalue weighted by Crippen LogP contribution is 2.12. The van der Waals surface area contributed by atoms with Crippen molar-refractivity contribution in [2.24, 2.45) is 5.73 Å². The molecule has 0 atom stereocenters. The van der Waals surface area contributed by atoms with E-state index >= 15 is 0 Å². The van der Waals surface area contributed by atoms with E-state index in [1.165, 1.54) is 0 Å². The van der Waals surface area contributed by atoms with Crippen LogP contribution >= 0.6 is 0 Å². The average molecular weight is 179 g/mol. The number of hydrogen-bond acceptors (Lipinski definition) is 5. The van der Waals surface area contributed by atoms with Gasteiger partial charge in [-0.2, -0.15) is 5.10 Å². The second-order valence-electron chi connectivity index (χ2n) is 3.27. The van der Waals surface area contributed by atoms with Crippen LogP contribution in [-0.4, -0.2) is 34.3 Å². The summed E-state index contributed by atoms with van der Waals surface area (Å²) in [7, 11) is 0. The summed E-state index contributed by atoms with van der Waals surface area (Å²) >= 11 is 0. The van der Waals surface area contributed by atoms with Gasteiger partial charge in [-0.15, -0.1) is 5.10 Å². The molecule has 13 heavy (non-hydrogen) atoms. The summed E-state index contributed by atoms with van der Waals surface area (Å²) in [6.07, 6.45) is 5.27. The van der Waals surface area contributed by atoms with Crippen LogP contribution in [0.5, 0.6) is 0 Å². The van der Waals surface area contributed by atoms with E-state index in [1.54, 1.807) is 12.4 Å². The summed E-state index contributed by atoms with van der Waals surface area (Å²) in [5.41, 5.74) is 5.79. The van der Waals surface area contributed by atoms with Gasteiger partial charge in [-0.1, -0.05) is 0 Å². The summed E-state index contributed by atoms with van der Waals surface area (Å²) in [6.45, 7) is 1.87. The Balaban J connectivity index is 2.03. The van der Waals surface area contributed by atoms with Gasteiger partial charge in [-0.3, -0.25) is 0 Å². The van der Waals surface area contributed by atoms with Gasteiger partial charge in [-0.05, 0) is 12.8 Å². The smallest absolute Gasteiger partial charge is 0.245 e. The summed E-state index contributed by atoms with van der Waals surface area (Å²) in [6, 6.07) is 0.341. The molecule has 2 N–H and O–H groups in total. The van der Waals surface area contributed by atoms with Crippen molar-refractivity contribution in [2.75, 3.05) is 18.0 Å². The molecule has 1 aromatic heterocycles. The van der Waals surface area contributed by atoms with Crippen molar-refractivity contribution in [1.29, 1.82) is 0 Å². The molecular formula is C8H13N5. The molecule has 0 radical (unpaired) electrons. The van der Waals surface area contributed by atoms with Crippen LogP contribution in [0.15, 0.2) is 12.4 Å². The molecule has 1 aliphatic heterocycles. The fraction of sp³-hybridized carbons (Fsp3) is 0.625. The van der Waals surface area contributed by atoms with Gasteiger partial charge < -0.3 is 10.6 Å². The third-order valence-corrected chi connectivity index (χ3v) is 2.29. The second kappa shape index (κ2) is 3.66. The van der Waals surface area contributed by atoms with E-state index in [1.807, 2.05) is 0 Å². The van der Waals surface area contributed by atoms with Crippen molar-refractivity contribution in [2.45, 2.75) is 18.9 Å². The molecule has 2 heterocycles. The van der Waals surface area contributed by atoms with Crippen LogP contribution in [0.1, 0.15) is 12.8 Å². The number of nitrogens with zero attached hydrogens (tertiary/aromatic N) is 4. The summed E-state index contributed by atoms with van der Waals surface area (Å²) in [5, 5.41) is 7.74. The molecule has 70 valence electrons. The van der Waals surface area contributed by atoms with E-state index < -0.39 is 0 Å². The minimum atomic E-state index is 0.341. The fourth-order valence-corrected chi connectivity index (χ4v) is 1.48. The van der Waals surface area contributed by atoms with Gasteiger partial charge >= 0.3 is 0 Å². The average Bonchev–Trinajstić information content (AvgIpc) is 2.20. The standard InChI is InChI=1S/C8H13N5/c9-7-1-5-13(6-2-7)8-10-3-4-11-12-8/h3-4,7H,1-2,5-6,9H2. The first-order valence-electron chi connectivity index (χ1n) is 4.50. The highest BCUT2D eigenvalue weighted by molar-refractivity contribution is 5.27. The maximum absolute atomic E-state index is 5.79. The van der Waals surface area contributed by atoms with Crippen molar-refractivity contribution in [3.63, 3.8) is 0 Å². The normalized spacial score (nSPS) is 19.0. The summed E-state index contributed by atoms with van der Waals surface area (Å²) < 4.78 is 0. The summed E-state index contributed by atoms with van der Waals surface area (Å²) in [4.78, 5) is 6.26. The van der Waals surface area contributed by atoms with Gasteiger partial charge in [0.05, 0.1) is 12.4 Å². The molecule has 2 rings (SSSR count). The Bertz CT molecular complexity index is 254. The minimum absolute atomic E-state index is 0.341. The largest absolute Gasteiger partial charge is 0.339 e. The number of aromatic nitrogens is 3. The number of rotatable bonds is 1. The van der Waals surface area contributed by atoms with E-state index in [4.69, 9.17) is 5.73 Å². The molecule has 0 saturated carbocycles. The Morgan fingerprint density at radius 3 is 2.69 bits per heavy atom. The van der Waals surface area contributed by atoms with Crippen molar-refractivity contribution >= 4 is 5.95 Å². The van der Waals surface area contributed by atoms with Crippen molar-refractivity contribution in [1.82, 2.24) is 15.2 Å². The zero-order valence-electron chi connectivity index (χ0n) is 7.43. The SMILES string of the molecule is NC1CCN(c2nccnn2)CC1. The van der Waals surface area contributed by atoms with Gasteiger partial charge in [0.2, 0.25) is 5.95 Å². The van der Waals surface area contributed by atoms with E-state index in [-0.39, 0.29) is 0 Å². The number of piperidine rings is 1. The van der Waals surface area contributed by atoms with Gasteiger partial charge in [0.25, 0.3) is 0 Å². The first kappa shape index (κ1) is 8.37. The summed E-state index contributed by atoms with van der Waals surface area (Å²) in [5.74, 6) is 0.717. The third-order valence-electron chi connectivity index (χ3n) is 2.29. The van der Waals surface area contributed by atoms with Crippen molar-refractivity contribution in [3.05, 3.63) is 12.4 Å². The van der Waals surface area contributed by atoms with Gasteiger partial charge in [0.15, 0.2) is 0 Å². The number of anilines is 1. The van der Waals surface area contributed by atoms with Crippen molar-refractivity contribution < 1.29 is 0 Å². The zero-order valence-corrected chi connectivity index (χ0v) is 7.43. The molecule has 0 spiro atoms. The molecule has 0 bridgehead atoms. The zero-order chi connectivity index (χ0) is 9.10. The number of nitrogens with two attached hydrogens (primary N) is 1. The molecule has 1 fully saturated rings. The van der Waals surface area contributed by atoms with Crippen LogP contribution in [0, 0.1) is 0 Å². The molecule has 0 unspecified atom stereocenters. The highest BCUT2D eigenvalue weighted by atomic mass is 15.3. The van der Waals surface area contributed by atoms with E-state index in [0.717, 1.165) is 31.9 Å². The maximum atomic E-state index is 5.79. The molecule has 5 heteroatoms. The Morgan fingerprint density at radius 1 is 1.31 bits per heavy atom. The van der Waals surface area contributed by atoms with E-state index in [2.05, 4.69) is 20.1 Å². The monoisotopic (exact) mass is 179 g/mol. The maximum Gasteiger partial charge on any atom is 0.245 e. The highest BCUT2D eigenvalue weighted by Gasteiger charge is 2.17. The Labute approximate surface area is 77.0 Å². The molecule has 1 saturated heterocycles. The van der Waals surface area contributed by atoms with Gasteiger partial charge in [0, 0.05) is 19.1 Å². The first-order chi connectivity index (χ1) is 6.36. The first-order valence-corrected chi connectivity index (χ1v) is 4.50. The quantitative estimate of drug-likeness (QED) is 0.646. The van der Waals surface area contributed by atoms with Crippen molar-refractivity contribution in [3.8, 4) is 0 Å². The van der Waals surface area contributed by atoms with Gasteiger partial charge in [-0.25, -0.2) is 4.98 Å². The van der Waals surface area contributed by atoms with E-state index in [0.29, 0.717) is 6.04 Å². The molecule has 0 aromatic carbocycles. The molecule has 1 aromatic rings. The molecule has 5 nitrogen and oxygen atoms in total. The predicted octanol–water partition coefficient (Wildman–Crippen LogP) is -0.201. The lowest BCUT2D eigenvalue weighted by Crippen LogP contribution is -2.40. The predicted molar refractivity (Wildman–Crippen MR) is 49.2 cm³/mol. The van der Waals surface area contributed by atoms with E-state index in [9.17, 15) is 0 Å². The third kappa shape index (κ3) is 1.92. The van der Waals surface area contributed by atoms with Crippen LogP contribution in [0.3, 0.4) is 0 Å². The Hall–Kier alpha value is -1.23.